The number of nitrogens with two attached hydrogens (primary N) is 1. The SMILES string of the molecule is Cc1nn(C(C)C)c(C)c1NC(=O)c1c(N)cccc1Cl. The van der Waals surface area contributed by atoms with E-state index in [1.165, 1.54) is 0 Å². The summed E-state index contributed by atoms with van der Waals surface area (Å²) >= 11 is 6.06. The van der Waals surface area contributed by atoms with Gasteiger partial charge in [-0.3, -0.25) is 9.48 Å². The number of rotatable bonds is 3. The standard InChI is InChI=1S/C15H19ClN4O/c1-8(2)20-10(4)14(9(3)19-20)18-15(21)13-11(16)6-5-7-12(13)17/h5-8H,17H2,1-4H3,(H,18,21). The molecule has 112 valence electrons. The molecule has 0 saturated heterocycles. The van der Waals surface area contributed by atoms with Crippen LogP contribution >= 0.6 is 11.6 Å². The molecule has 0 aliphatic heterocycles. The van der Waals surface area contributed by atoms with Crippen molar-refractivity contribution in [1.29, 1.82) is 0 Å². The van der Waals surface area contributed by atoms with Gasteiger partial charge in [0.25, 0.3) is 5.91 Å². The Morgan fingerprint density at radius 1 is 1.38 bits per heavy atom. The fourth-order valence-electron chi connectivity index (χ4n) is 2.30. The normalized spacial score (nSPS) is 11.0. The lowest BCUT2D eigenvalue weighted by atomic mass is 10.1. The third kappa shape index (κ3) is 2.88. The summed E-state index contributed by atoms with van der Waals surface area (Å²) in [5.41, 5.74) is 8.85. The number of nitrogen functional groups attached to an aromatic ring is 1. The second kappa shape index (κ2) is 5.77. The molecule has 6 heteroatoms. The molecule has 1 aromatic carbocycles. The van der Waals surface area contributed by atoms with Crippen LogP contribution in [0.2, 0.25) is 5.02 Å². The first-order chi connectivity index (χ1) is 9.82. The Labute approximate surface area is 129 Å². The van der Waals surface area contributed by atoms with E-state index in [4.69, 9.17) is 17.3 Å². The van der Waals surface area contributed by atoms with E-state index < -0.39 is 0 Å². The highest BCUT2D eigenvalue weighted by molar-refractivity contribution is 6.35. The molecule has 0 bridgehead atoms. The molecular formula is C15H19ClN4O. The lowest BCUT2D eigenvalue weighted by Crippen LogP contribution is -2.16. The zero-order chi connectivity index (χ0) is 15.7. The number of anilines is 2. The second-order valence-corrected chi connectivity index (χ2v) is 5.65. The van der Waals surface area contributed by atoms with Gasteiger partial charge in [0, 0.05) is 11.7 Å². The van der Waals surface area contributed by atoms with Gasteiger partial charge in [-0.05, 0) is 39.8 Å². The van der Waals surface area contributed by atoms with Crippen LogP contribution in [0, 0.1) is 13.8 Å². The van der Waals surface area contributed by atoms with Crippen molar-refractivity contribution in [3.63, 3.8) is 0 Å². The lowest BCUT2D eigenvalue weighted by molar-refractivity contribution is 0.102. The van der Waals surface area contributed by atoms with Crippen molar-refractivity contribution < 1.29 is 4.79 Å². The van der Waals surface area contributed by atoms with Crippen LogP contribution in [0.3, 0.4) is 0 Å². The van der Waals surface area contributed by atoms with Gasteiger partial charge in [-0.25, -0.2) is 0 Å². The Balaban J connectivity index is 2.37. The first kappa shape index (κ1) is 15.4. The zero-order valence-corrected chi connectivity index (χ0v) is 13.3. The Bertz CT molecular complexity index is 671. The van der Waals surface area contributed by atoms with Crippen LogP contribution in [0.1, 0.15) is 41.6 Å². The maximum Gasteiger partial charge on any atom is 0.259 e. The molecule has 3 N–H and O–H groups in total. The average molecular weight is 307 g/mol. The molecule has 0 radical (unpaired) electrons. The molecule has 0 fully saturated rings. The summed E-state index contributed by atoms with van der Waals surface area (Å²) in [6.45, 7) is 7.86. The van der Waals surface area contributed by atoms with Crippen molar-refractivity contribution in [3.8, 4) is 0 Å². The second-order valence-electron chi connectivity index (χ2n) is 5.24. The number of nitrogens with one attached hydrogen (secondary N) is 1. The van der Waals surface area contributed by atoms with Gasteiger partial charge >= 0.3 is 0 Å². The smallest absolute Gasteiger partial charge is 0.259 e. The quantitative estimate of drug-likeness (QED) is 0.851. The number of halogens is 1. The molecule has 1 amide bonds. The number of aryl methyl sites for hydroxylation is 1. The van der Waals surface area contributed by atoms with Gasteiger partial charge in [0.2, 0.25) is 0 Å². The van der Waals surface area contributed by atoms with Crippen molar-refractivity contribution >= 4 is 28.9 Å². The molecule has 5 nitrogen and oxygen atoms in total. The molecule has 1 aromatic heterocycles. The monoisotopic (exact) mass is 306 g/mol. The molecule has 0 saturated carbocycles. The summed E-state index contributed by atoms with van der Waals surface area (Å²) in [7, 11) is 0. The highest BCUT2D eigenvalue weighted by Gasteiger charge is 2.19. The summed E-state index contributed by atoms with van der Waals surface area (Å²) in [6, 6.07) is 5.23. The van der Waals surface area contributed by atoms with E-state index in [-0.39, 0.29) is 17.5 Å². The van der Waals surface area contributed by atoms with E-state index in [0.717, 1.165) is 11.4 Å². The molecule has 0 aliphatic carbocycles. The lowest BCUT2D eigenvalue weighted by Gasteiger charge is -2.11. The minimum Gasteiger partial charge on any atom is -0.398 e. The summed E-state index contributed by atoms with van der Waals surface area (Å²) in [5.74, 6) is -0.326. The molecule has 2 rings (SSSR count). The predicted octanol–water partition coefficient (Wildman–Crippen LogP) is 3.57. The summed E-state index contributed by atoms with van der Waals surface area (Å²) in [4.78, 5) is 12.4. The van der Waals surface area contributed by atoms with Crippen LogP contribution in [0.5, 0.6) is 0 Å². The van der Waals surface area contributed by atoms with Crippen molar-refractivity contribution in [2.45, 2.75) is 33.7 Å². The van der Waals surface area contributed by atoms with E-state index in [9.17, 15) is 4.79 Å². The number of amides is 1. The molecule has 2 aromatic rings. The van der Waals surface area contributed by atoms with E-state index in [2.05, 4.69) is 10.4 Å². The summed E-state index contributed by atoms with van der Waals surface area (Å²) in [6.07, 6.45) is 0. The van der Waals surface area contributed by atoms with Gasteiger partial charge in [-0.1, -0.05) is 17.7 Å². The van der Waals surface area contributed by atoms with Crippen LogP contribution in [0.4, 0.5) is 11.4 Å². The third-order valence-electron chi connectivity index (χ3n) is 3.33. The van der Waals surface area contributed by atoms with Gasteiger partial charge in [-0.15, -0.1) is 0 Å². The molecule has 0 spiro atoms. The van der Waals surface area contributed by atoms with Gasteiger partial charge in [0.1, 0.15) is 0 Å². The van der Waals surface area contributed by atoms with Crippen LogP contribution in [-0.2, 0) is 0 Å². The van der Waals surface area contributed by atoms with Crippen LogP contribution < -0.4 is 11.1 Å². The zero-order valence-electron chi connectivity index (χ0n) is 12.6. The third-order valence-corrected chi connectivity index (χ3v) is 3.64. The van der Waals surface area contributed by atoms with Crippen LogP contribution in [0.25, 0.3) is 0 Å². The Kier molecular flexibility index (Phi) is 4.23. The van der Waals surface area contributed by atoms with Crippen molar-refractivity contribution in [2.24, 2.45) is 0 Å². The van der Waals surface area contributed by atoms with Gasteiger partial charge in [-0.2, -0.15) is 5.10 Å². The van der Waals surface area contributed by atoms with Gasteiger partial charge in [0.05, 0.1) is 27.7 Å². The number of carbonyl (C=O) groups is 1. The number of hydrogen-bond donors (Lipinski definition) is 2. The Morgan fingerprint density at radius 3 is 2.57 bits per heavy atom. The number of carbonyl (C=O) groups excluding carboxylic acids is 1. The van der Waals surface area contributed by atoms with E-state index in [0.29, 0.717) is 16.4 Å². The number of hydrogen-bond acceptors (Lipinski definition) is 3. The fraction of sp³-hybridized carbons (Fsp3) is 0.333. The maximum atomic E-state index is 12.4. The van der Waals surface area contributed by atoms with Crippen LogP contribution in [-0.4, -0.2) is 15.7 Å². The molecule has 1 heterocycles. The molecular weight excluding hydrogens is 288 g/mol. The minimum atomic E-state index is -0.326. The van der Waals surface area contributed by atoms with Crippen molar-refractivity contribution in [3.05, 3.63) is 40.2 Å². The first-order valence-electron chi connectivity index (χ1n) is 6.74. The Morgan fingerprint density at radius 2 is 2.05 bits per heavy atom. The predicted molar refractivity (Wildman–Crippen MR) is 85.9 cm³/mol. The molecule has 0 aliphatic rings. The number of aromatic nitrogens is 2. The first-order valence-corrected chi connectivity index (χ1v) is 7.11. The summed E-state index contributed by atoms with van der Waals surface area (Å²) < 4.78 is 1.88. The van der Waals surface area contributed by atoms with Crippen molar-refractivity contribution in [2.75, 3.05) is 11.1 Å². The largest absolute Gasteiger partial charge is 0.398 e. The maximum absolute atomic E-state index is 12.4. The van der Waals surface area contributed by atoms with Gasteiger partial charge < -0.3 is 11.1 Å². The van der Waals surface area contributed by atoms with E-state index in [1.807, 2.05) is 32.4 Å². The Hall–Kier alpha value is -2.01. The molecule has 21 heavy (non-hydrogen) atoms. The molecule has 0 unspecified atom stereocenters. The highest BCUT2D eigenvalue weighted by Crippen LogP contribution is 2.26. The van der Waals surface area contributed by atoms with Gasteiger partial charge in [0.15, 0.2) is 0 Å². The number of benzene rings is 1. The van der Waals surface area contributed by atoms with Crippen molar-refractivity contribution in [1.82, 2.24) is 9.78 Å². The number of nitrogens with zero attached hydrogens (tertiary/aromatic N) is 2. The highest BCUT2D eigenvalue weighted by atomic mass is 35.5. The topological polar surface area (TPSA) is 72.9 Å². The summed E-state index contributed by atoms with van der Waals surface area (Å²) in [5, 5.41) is 7.64. The van der Waals surface area contributed by atoms with E-state index in [1.54, 1.807) is 18.2 Å². The fourth-order valence-corrected chi connectivity index (χ4v) is 2.57. The van der Waals surface area contributed by atoms with Crippen LogP contribution in [0.15, 0.2) is 18.2 Å². The minimum absolute atomic E-state index is 0.222. The van der Waals surface area contributed by atoms with E-state index >= 15 is 0 Å². The average Bonchev–Trinajstić information content (AvgIpc) is 2.66. The molecule has 0 atom stereocenters.